The van der Waals surface area contributed by atoms with E-state index in [9.17, 15) is 13.2 Å². The molecule has 2 heterocycles. The largest absolute Gasteiger partial charge is 0.349 e. The molecule has 0 saturated carbocycles. The summed E-state index contributed by atoms with van der Waals surface area (Å²) in [5, 5.41) is 3.11. The van der Waals surface area contributed by atoms with E-state index in [4.69, 9.17) is 0 Å². The standard InChI is InChI=1S/C27H32N4O3S/c1-20(21-6-9-25(10-7-21)30-17-14-28-19-30)29-27(32)23-12-15-31(16-13-23)35(33,34)26-11-8-22-4-2-3-5-24(22)18-26/h6-11,14,17-20,23H,2-5,12-13,15-16H2,1H3,(H,29,32)/t20-/m1/s1. The number of fused-ring (bicyclic) bond motifs is 1. The second-order valence-electron chi connectivity index (χ2n) is 9.61. The van der Waals surface area contributed by atoms with Crippen molar-refractivity contribution in [2.45, 2.75) is 56.4 Å². The maximum atomic E-state index is 13.2. The van der Waals surface area contributed by atoms with E-state index >= 15 is 0 Å². The van der Waals surface area contributed by atoms with Crippen LogP contribution in [0.1, 0.15) is 55.3 Å². The summed E-state index contributed by atoms with van der Waals surface area (Å²) in [6, 6.07) is 13.5. The highest BCUT2D eigenvalue weighted by Crippen LogP contribution is 2.28. The molecule has 1 aliphatic carbocycles. The highest BCUT2D eigenvalue weighted by atomic mass is 32.2. The van der Waals surface area contributed by atoms with E-state index in [1.807, 2.05) is 54.1 Å². The van der Waals surface area contributed by atoms with E-state index in [-0.39, 0.29) is 17.9 Å². The zero-order valence-electron chi connectivity index (χ0n) is 20.1. The van der Waals surface area contributed by atoms with Crippen LogP contribution in [0.5, 0.6) is 0 Å². The number of hydrogen-bond donors (Lipinski definition) is 1. The molecule has 1 atom stereocenters. The van der Waals surface area contributed by atoms with E-state index in [0.717, 1.165) is 30.5 Å². The normalized spacial score (nSPS) is 18.1. The highest BCUT2D eigenvalue weighted by Gasteiger charge is 2.33. The van der Waals surface area contributed by atoms with Gasteiger partial charge in [-0.05, 0) is 86.4 Å². The van der Waals surface area contributed by atoms with Crippen molar-refractivity contribution >= 4 is 15.9 Å². The fourth-order valence-electron chi connectivity index (χ4n) is 5.14. The zero-order chi connectivity index (χ0) is 24.4. The molecule has 1 saturated heterocycles. The Morgan fingerprint density at radius 2 is 1.74 bits per heavy atom. The Labute approximate surface area is 207 Å². The molecule has 1 fully saturated rings. The summed E-state index contributed by atoms with van der Waals surface area (Å²) in [6.45, 7) is 2.71. The van der Waals surface area contributed by atoms with Crippen LogP contribution in [0.3, 0.4) is 0 Å². The van der Waals surface area contributed by atoms with Gasteiger partial charge in [0.2, 0.25) is 15.9 Å². The summed E-state index contributed by atoms with van der Waals surface area (Å²) in [5.41, 5.74) is 4.47. The van der Waals surface area contributed by atoms with Gasteiger partial charge in [-0.1, -0.05) is 18.2 Å². The summed E-state index contributed by atoms with van der Waals surface area (Å²) in [4.78, 5) is 17.4. The number of carbonyl (C=O) groups is 1. The average Bonchev–Trinajstić information content (AvgIpc) is 3.43. The highest BCUT2D eigenvalue weighted by molar-refractivity contribution is 7.89. The van der Waals surface area contributed by atoms with Gasteiger partial charge in [0.05, 0.1) is 17.3 Å². The molecule has 1 amide bonds. The molecule has 0 unspecified atom stereocenters. The van der Waals surface area contributed by atoms with Crippen LogP contribution in [-0.2, 0) is 27.7 Å². The molecule has 0 radical (unpaired) electrons. The number of rotatable bonds is 6. The van der Waals surface area contributed by atoms with Gasteiger partial charge in [0.25, 0.3) is 0 Å². The van der Waals surface area contributed by atoms with Crippen molar-refractivity contribution < 1.29 is 13.2 Å². The van der Waals surface area contributed by atoms with Gasteiger partial charge in [0.15, 0.2) is 0 Å². The van der Waals surface area contributed by atoms with Crippen molar-refractivity contribution in [2.75, 3.05) is 13.1 Å². The Hall–Kier alpha value is -2.97. The smallest absolute Gasteiger partial charge is 0.243 e. The molecule has 35 heavy (non-hydrogen) atoms. The molecule has 1 aromatic heterocycles. The summed E-state index contributed by atoms with van der Waals surface area (Å²) >= 11 is 0. The number of imidazole rings is 1. The van der Waals surface area contributed by atoms with E-state index in [1.54, 1.807) is 22.9 Å². The van der Waals surface area contributed by atoms with Crippen molar-refractivity contribution in [1.29, 1.82) is 0 Å². The summed E-state index contributed by atoms with van der Waals surface area (Å²) in [6.07, 6.45) is 10.7. The van der Waals surface area contributed by atoms with Gasteiger partial charge in [0.1, 0.15) is 0 Å². The lowest BCUT2D eigenvalue weighted by atomic mass is 9.92. The van der Waals surface area contributed by atoms with Crippen LogP contribution in [-0.4, -0.2) is 41.3 Å². The number of nitrogens with zero attached hydrogens (tertiary/aromatic N) is 3. The second kappa shape index (κ2) is 9.95. The van der Waals surface area contributed by atoms with Gasteiger partial charge in [-0.3, -0.25) is 4.79 Å². The molecule has 2 aromatic carbocycles. The van der Waals surface area contributed by atoms with E-state index in [0.29, 0.717) is 30.8 Å². The Kier molecular flexibility index (Phi) is 6.75. The maximum absolute atomic E-state index is 13.2. The number of aryl methyl sites for hydroxylation is 2. The van der Waals surface area contributed by atoms with Gasteiger partial charge in [-0.15, -0.1) is 0 Å². The average molecular weight is 493 g/mol. The number of carbonyl (C=O) groups excluding carboxylic acids is 1. The fraction of sp³-hybridized carbons (Fsp3) is 0.407. The molecule has 1 N–H and O–H groups in total. The van der Waals surface area contributed by atoms with E-state index in [1.165, 1.54) is 17.5 Å². The molecule has 184 valence electrons. The van der Waals surface area contributed by atoms with Crippen LogP contribution in [0.2, 0.25) is 0 Å². The Morgan fingerprint density at radius 1 is 1.03 bits per heavy atom. The van der Waals surface area contributed by atoms with Gasteiger partial charge < -0.3 is 9.88 Å². The third-order valence-electron chi connectivity index (χ3n) is 7.34. The molecule has 2 aliphatic rings. The van der Waals surface area contributed by atoms with Crippen molar-refractivity contribution in [1.82, 2.24) is 19.2 Å². The first-order valence-corrected chi connectivity index (χ1v) is 13.9. The molecule has 5 rings (SSSR count). The molecule has 0 spiro atoms. The number of nitrogens with one attached hydrogen (secondary N) is 1. The second-order valence-corrected chi connectivity index (χ2v) is 11.5. The van der Waals surface area contributed by atoms with Crippen LogP contribution < -0.4 is 5.32 Å². The third kappa shape index (κ3) is 5.04. The van der Waals surface area contributed by atoms with E-state index in [2.05, 4.69) is 10.3 Å². The van der Waals surface area contributed by atoms with Crippen LogP contribution in [0.4, 0.5) is 0 Å². The van der Waals surface area contributed by atoms with Crippen LogP contribution in [0.15, 0.2) is 66.1 Å². The number of sulfonamides is 1. The lowest BCUT2D eigenvalue weighted by Gasteiger charge is -2.31. The maximum Gasteiger partial charge on any atom is 0.243 e. The van der Waals surface area contributed by atoms with Crippen LogP contribution in [0.25, 0.3) is 5.69 Å². The van der Waals surface area contributed by atoms with E-state index < -0.39 is 10.0 Å². The Balaban J connectivity index is 1.17. The van der Waals surface area contributed by atoms with Crippen molar-refractivity contribution in [2.24, 2.45) is 5.92 Å². The molecular formula is C27H32N4O3S. The van der Waals surface area contributed by atoms with Crippen LogP contribution >= 0.6 is 0 Å². The molecule has 0 bridgehead atoms. The monoisotopic (exact) mass is 492 g/mol. The Morgan fingerprint density at radius 3 is 2.43 bits per heavy atom. The number of benzene rings is 2. The van der Waals surface area contributed by atoms with Gasteiger partial charge >= 0.3 is 0 Å². The van der Waals surface area contributed by atoms with Crippen molar-refractivity contribution in [3.8, 4) is 5.69 Å². The number of hydrogen-bond acceptors (Lipinski definition) is 4. The molecular weight excluding hydrogens is 460 g/mol. The molecule has 8 heteroatoms. The van der Waals surface area contributed by atoms with Gasteiger partial charge in [0, 0.05) is 37.1 Å². The van der Waals surface area contributed by atoms with Crippen molar-refractivity contribution in [3.05, 3.63) is 77.9 Å². The zero-order valence-corrected chi connectivity index (χ0v) is 20.9. The minimum absolute atomic E-state index is 0.0120. The van der Waals surface area contributed by atoms with Gasteiger partial charge in [-0.25, -0.2) is 13.4 Å². The van der Waals surface area contributed by atoms with Crippen LogP contribution in [0, 0.1) is 5.92 Å². The van der Waals surface area contributed by atoms with Crippen molar-refractivity contribution in [3.63, 3.8) is 0 Å². The van der Waals surface area contributed by atoms with Gasteiger partial charge in [-0.2, -0.15) is 4.31 Å². The predicted octanol–water partition coefficient (Wildman–Crippen LogP) is 4.03. The lowest BCUT2D eigenvalue weighted by Crippen LogP contribution is -2.43. The SMILES string of the molecule is C[C@@H](NC(=O)C1CCN(S(=O)(=O)c2ccc3c(c2)CCCC3)CC1)c1ccc(-n2ccnc2)cc1. The third-order valence-corrected chi connectivity index (χ3v) is 9.23. The minimum atomic E-state index is -3.54. The summed E-state index contributed by atoms with van der Waals surface area (Å²) in [7, 11) is -3.54. The summed E-state index contributed by atoms with van der Waals surface area (Å²) in [5.74, 6) is -0.195. The lowest BCUT2D eigenvalue weighted by molar-refractivity contribution is -0.126. The molecule has 1 aliphatic heterocycles. The fourth-order valence-corrected chi connectivity index (χ4v) is 6.66. The first-order valence-electron chi connectivity index (χ1n) is 12.4. The molecule has 7 nitrogen and oxygen atoms in total. The first kappa shape index (κ1) is 23.8. The number of piperidine rings is 1. The first-order chi connectivity index (χ1) is 16.9. The quantitative estimate of drug-likeness (QED) is 0.563. The number of amides is 1. The molecule has 3 aromatic rings. The number of aromatic nitrogens is 2. The Bertz CT molecular complexity index is 1280. The topological polar surface area (TPSA) is 84.3 Å². The predicted molar refractivity (Wildman–Crippen MR) is 135 cm³/mol. The summed E-state index contributed by atoms with van der Waals surface area (Å²) < 4.78 is 30.0. The minimum Gasteiger partial charge on any atom is -0.349 e.